The molecule has 1 heterocycles. The van der Waals surface area contributed by atoms with Crippen LogP contribution in [0.4, 0.5) is 10.1 Å². The van der Waals surface area contributed by atoms with Crippen molar-refractivity contribution in [3.05, 3.63) is 93.1 Å². The zero-order chi connectivity index (χ0) is 23.5. The van der Waals surface area contributed by atoms with Gasteiger partial charge in [-0.05, 0) is 61.4 Å². The molecule has 0 aliphatic heterocycles. The van der Waals surface area contributed by atoms with Crippen molar-refractivity contribution < 1.29 is 14.3 Å². The second kappa shape index (κ2) is 7.49. The number of aromatic carboxylic acids is 1. The third kappa shape index (κ3) is 3.23. The number of fused-ring (bicyclic) bond motifs is 1. The Morgan fingerprint density at radius 3 is 2.36 bits per heavy atom. The molecule has 0 atom stereocenters. The molecule has 1 fully saturated rings. The van der Waals surface area contributed by atoms with Crippen LogP contribution in [0.2, 0.25) is 5.02 Å². The van der Waals surface area contributed by atoms with Gasteiger partial charge in [-0.3, -0.25) is 9.13 Å². The molecule has 3 aromatic carbocycles. The quantitative estimate of drug-likeness (QED) is 0.456. The van der Waals surface area contributed by atoms with Crippen molar-refractivity contribution in [2.24, 2.45) is 0 Å². The Kier molecular flexibility index (Phi) is 4.83. The van der Waals surface area contributed by atoms with E-state index >= 15 is 4.39 Å². The summed E-state index contributed by atoms with van der Waals surface area (Å²) in [5.41, 5.74) is 1.38. The predicted octanol–water partition coefficient (Wildman–Crippen LogP) is 4.89. The van der Waals surface area contributed by atoms with Crippen LogP contribution in [0.5, 0.6) is 0 Å². The Balaban J connectivity index is 1.78. The fraction of sp³-hybridized carbons (Fsp3) is 0.200. The first-order valence-corrected chi connectivity index (χ1v) is 10.9. The maximum Gasteiger partial charge on any atom is 0.338 e. The fourth-order valence-electron chi connectivity index (χ4n) is 4.52. The Morgan fingerprint density at radius 1 is 1.06 bits per heavy atom. The zero-order valence-electron chi connectivity index (χ0n) is 18.0. The number of carboxylic acids is 1. The van der Waals surface area contributed by atoms with E-state index in [0.29, 0.717) is 34.6 Å². The van der Waals surface area contributed by atoms with Crippen molar-refractivity contribution in [2.45, 2.75) is 18.4 Å². The number of hydrogen-bond donors (Lipinski definition) is 1. The van der Waals surface area contributed by atoms with E-state index in [1.54, 1.807) is 33.4 Å². The van der Waals surface area contributed by atoms with Crippen molar-refractivity contribution in [1.29, 1.82) is 0 Å². The van der Waals surface area contributed by atoms with Gasteiger partial charge in [0.25, 0.3) is 0 Å². The number of nitrogens with zero attached hydrogens (tertiary/aromatic N) is 3. The van der Waals surface area contributed by atoms with E-state index in [-0.39, 0.29) is 11.3 Å². The van der Waals surface area contributed by atoms with Gasteiger partial charge in [-0.2, -0.15) is 0 Å². The summed E-state index contributed by atoms with van der Waals surface area (Å²) in [6, 6.07) is 17.0. The highest BCUT2D eigenvalue weighted by atomic mass is 35.5. The summed E-state index contributed by atoms with van der Waals surface area (Å²) in [4.78, 5) is 27.3. The SMILES string of the molecule is CN(C)c1ccc(-n2c(=O)n(C3(c4cccc(C(=O)O)c4F)CC3)c3ccc(Cl)cc32)cc1. The lowest BCUT2D eigenvalue weighted by Gasteiger charge is -2.19. The number of halogens is 2. The van der Waals surface area contributed by atoms with Crippen LogP contribution in [0.25, 0.3) is 16.7 Å². The Labute approximate surface area is 194 Å². The third-order valence-electron chi connectivity index (χ3n) is 6.31. The van der Waals surface area contributed by atoms with Gasteiger partial charge < -0.3 is 10.0 Å². The molecule has 33 heavy (non-hydrogen) atoms. The molecule has 1 aliphatic rings. The number of carboxylic acid groups (broad SMARTS) is 1. The van der Waals surface area contributed by atoms with Crippen molar-refractivity contribution in [2.75, 3.05) is 19.0 Å². The van der Waals surface area contributed by atoms with E-state index < -0.39 is 22.9 Å². The summed E-state index contributed by atoms with van der Waals surface area (Å²) >= 11 is 6.28. The molecular weight excluding hydrogens is 445 g/mol. The van der Waals surface area contributed by atoms with E-state index in [0.717, 1.165) is 5.69 Å². The highest BCUT2D eigenvalue weighted by molar-refractivity contribution is 6.31. The van der Waals surface area contributed by atoms with Gasteiger partial charge in [-0.15, -0.1) is 0 Å². The molecule has 4 aromatic rings. The second-order valence-electron chi connectivity index (χ2n) is 8.50. The predicted molar refractivity (Wildman–Crippen MR) is 127 cm³/mol. The average molecular weight is 466 g/mol. The molecule has 1 saturated carbocycles. The molecule has 0 saturated heterocycles. The van der Waals surface area contributed by atoms with Gasteiger partial charge in [0.15, 0.2) is 0 Å². The van der Waals surface area contributed by atoms with Crippen molar-refractivity contribution in [1.82, 2.24) is 9.13 Å². The van der Waals surface area contributed by atoms with Crippen molar-refractivity contribution in [3.63, 3.8) is 0 Å². The lowest BCUT2D eigenvalue weighted by molar-refractivity contribution is 0.0691. The van der Waals surface area contributed by atoms with Gasteiger partial charge in [0, 0.05) is 30.4 Å². The van der Waals surface area contributed by atoms with Gasteiger partial charge in [-0.1, -0.05) is 23.7 Å². The van der Waals surface area contributed by atoms with Gasteiger partial charge in [0.2, 0.25) is 0 Å². The molecular formula is C25H21ClFN3O3. The highest BCUT2D eigenvalue weighted by Crippen LogP contribution is 2.51. The van der Waals surface area contributed by atoms with Crippen LogP contribution in [-0.2, 0) is 5.54 Å². The van der Waals surface area contributed by atoms with E-state index in [1.165, 1.54) is 12.1 Å². The van der Waals surface area contributed by atoms with Gasteiger partial charge in [-0.25, -0.2) is 14.0 Å². The van der Waals surface area contributed by atoms with Gasteiger partial charge in [0.1, 0.15) is 5.82 Å². The smallest absolute Gasteiger partial charge is 0.338 e. The standard InChI is InChI=1S/C25H21ClFN3O3/c1-28(2)16-7-9-17(10-8-16)29-21-14-15(26)6-11-20(21)30(24(29)33)25(12-13-25)19-5-3-4-18(22(19)27)23(31)32/h3-11,14H,12-13H2,1-2H3,(H,31,32). The van der Waals surface area contributed by atoms with Crippen LogP contribution >= 0.6 is 11.6 Å². The van der Waals surface area contributed by atoms with E-state index in [9.17, 15) is 14.7 Å². The average Bonchev–Trinajstić information content (AvgIpc) is 3.51. The van der Waals surface area contributed by atoms with E-state index in [1.807, 2.05) is 43.3 Å². The molecule has 168 valence electrons. The number of carbonyl (C=O) groups is 1. The maximum atomic E-state index is 15.3. The topological polar surface area (TPSA) is 67.5 Å². The molecule has 5 rings (SSSR count). The monoisotopic (exact) mass is 465 g/mol. The zero-order valence-corrected chi connectivity index (χ0v) is 18.8. The second-order valence-corrected chi connectivity index (χ2v) is 8.94. The first-order chi connectivity index (χ1) is 15.7. The number of rotatable bonds is 5. The summed E-state index contributed by atoms with van der Waals surface area (Å²) in [5, 5.41) is 9.86. The Morgan fingerprint density at radius 2 is 1.76 bits per heavy atom. The summed E-state index contributed by atoms with van der Waals surface area (Å²) in [7, 11) is 3.87. The summed E-state index contributed by atoms with van der Waals surface area (Å²) < 4.78 is 18.4. The van der Waals surface area contributed by atoms with Crippen molar-refractivity contribution in [3.8, 4) is 5.69 Å². The molecule has 1 aliphatic carbocycles. The van der Waals surface area contributed by atoms with Gasteiger partial charge >= 0.3 is 11.7 Å². The third-order valence-corrected chi connectivity index (χ3v) is 6.54. The highest BCUT2D eigenvalue weighted by Gasteiger charge is 2.51. The van der Waals surface area contributed by atoms with Crippen LogP contribution in [0.3, 0.4) is 0 Å². The van der Waals surface area contributed by atoms with Crippen LogP contribution in [0, 0.1) is 5.82 Å². The minimum absolute atomic E-state index is 0.210. The van der Waals surface area contributed by atoms with Gasteiger partial charge in [0.05, 0.1) is 27.8 Å². The molecule has 0 unspecified atom stereocenters. The summed E-state index contributed by atoms with van der Waals surface area (Å²) in [6.45, 7) is 0. The molecule has 0 amide bonds. The van der Waals surface area contributed by atoms with E-state index in [4.69, 9.17) is 11.6 Å². The Hall–Kier alpha value is -3.58. The molecule has 0 spiro atoms. The summed E-state index contributed by atoms with van der Waals surface area (Å²) in [6.07, 6.45) is 1.04. The number of imidazole rings is 1. The minimum atomic E-state index is -1.34. The molecule has 1 N–H and O–H groups in total. The lowest BCUT2D eigenvalue weighted by atomic mass is 10.00. The molecule has 6 nitrogen and oxygen atoms in total. The lowest BCUT2D eigenvalue weighted by Crippen LogP contribution is -2.33. The van der Waals surface area contributed by atoms with Crippen LogP contribution in [0.1, 0.15) is 28.8 Å². The maximum absolute atomic E-state index is 15.3. The number of anilines is 1. The molecule has 0 radical (unpaired) electrons. The molecule has 1 aromatic heterocycles. The normalized spacial score (nSPS) is 14.4. The minimum Gasteiger partial charge on any atom is -0.478 e. The van der Waals surface area contributed by atoms with Crippen LogP contribution in [0.15, 0.2) is 65.5 Å². The van der Waals surface area contributed by atoms with Crippen molar-refractivity contribution >= 4 is 34.3 Å². The van der Waals surface area contributed by atoms with E-state index in [2.05, 4.69) is 0 Å². The number of aromatic nitrogens is 2. The number of hydrogen-bond acceptors (Lipinski definition) is 3. The molecule has 0 bridgehead atoms. The Bertz CT molecular complexity index is 1470. The largest absolute Gasteiger partial charge is 0.478 e. The molecule has 8 heteroatoms. The first kappa shape index (κ1) is 21.3. The first-order valence-electron chi connectivity index (χ1n) is 10.5. The fourth-order valence-corrected chi connectivity index (χ4v) is 4.69. The summed E-state index contributed by atoms with van der Waals surface area (Å²) in [5.74, 6) is -2.15. The number of benzene rings is 3. The van der Waals surface area contributed by atoms with Crippen LogP contribution in [-0.4, -0.2) is 34.3 Å². The van der Waals surface area contributed by atoms with Crippen LogP contribution < -0.4 is 10.6 Å².